The molecule has 0 amide bonds. The lowest BCUT2D eigenvalue weighted by Gasteiger charge is -2.51. The van der Waals surface area contributed by atoms with E-state index in [1.54, 1.807) is 0 Å². The fourth-order valence-electron chi connectivity index (χ4n) is 3.81. The van der Waals surface area contributed by atoms with Crippen LogP contribution >= 0.6 is 0 Å². The summed E-state index contributed by atoms with van der Waals surface area (Å²) in [7, 11) is 4.56. The van der Waals surface area contributed by atoms with Gasteiger partial charge >= 0.3 is 0 Å². The summed E-state index contributed by atoms with van der Waals surface area (Å²) in [5, 5.41) is 3.78. The molecule has 0 spiro atoms. The maximum atomic E-state index is 3.78. The molecule has 0 aromatic rings. The Kier molecular flexibility index (Phi) is 6.13. The summed E-state index contributed by atoms with van der Waals surface area (Å²) in [5.41, 5.74) is 0.373. The predicted octanol–water partition coefficient (Wildman–Crippen LogP) is 3.52. The van der Waals surface area contributed by atoms with Crippen molar-refractivity contribution in [2.24, 2.45) is 11.8 Å². The molecule has 1 fully saturated rings. The standard InChI is InChI=1S/C16H34N2/c1-7-17-15(11-13(2)3)16(18(5)6)10-8-9-14(4)12-16/h13-15,17H,7-12H2,1-6H3. The minimum atomic E-state index is 0.373. The molecule has 1 aliphatic carbocycles. The van der Waals surface area contributed by atoms with Gasteiger partial charge in [0.05, 0.1) is 0 Å². The first kappa shape index (κ1) is 16.0. The third-order valence-corrected chi connectivity index (χ3v) is 4.71. The van der Waals surface area contributed by atoms with Crippen molar-refractivity contribution in [1.29, 1.82) is 0 Å². The lowest BCUT2D eigenvalue weighted by atomic mass is 9.69. The maximum Gasteiger partial charge on any atom is 0.0359 e. The normalized spacial score (nSPS) is 31.0. The number of nitrogens with one attached hydrogen (secondary N) is 1. The molecule has 1 saturated carbocycles. The van der Waals surface area contributed by atoms with E-state index in [-0.39, 0.29) is 0 Å². The lowest BCUT2D eigenvalue weighted by Crippen LogP contribution is -2.61. The highest BCUT2D eigenvalue weighted by Gasteiger charge is 2.43. The van der Waals surface area contributed by atoms with Crippen LogP contribution in [-0.2, 0) is 0 Å². The molecule has 3 unspecified atom stereocenters. The SMILES string of the molecule is CCNC(CC(C)C)C1(N(C)C)CCCC(C)C1. The van der Waals surface area contributed by atoms with Crippen LogP contribution in [0.1, 0.15) is 59.8 Å². The Bertz CT molecular complexity index is 237. The van der Waals surface area contributed by atoms with Gasteiger partial charge in [0.25, 0.3) is 0 Å². The van der Waals surface area contributed by atoms with E-state index in [0.29, 0.717) is 11.6 Å². The van der Waals surface area contributed by atoms with E-state index in [4.69, 9.17) is 0 Å². The smallest absolute Gasteiger partial charge is 0.0359 e. The number of rotatable bonds is 6. The average Bonchev–Trinajstić information content (AvgIpc) is 2.27. The number of hydrogen-bond acceptors (Lipinski definition) is 2. The van der Waals surface area contributed by atoms with Gasteiger partial charge in [-0.2, -0.15) is 0 Å². The van der Waals surface area contributed by atoms with Crippen molar-refractivity contribution >= 4 is 0 Å². The van der Waals surface area contributed by atoms with E-state index in [9.17, 15) is 0 Å². The molecular weight excluding hydrogens is 220 g/mol. The molecule has 108 valence electrons. The first-order valence-electron chi connectivity index (χ1n) is 7.83. The first-order valence-corrected chi connectivity index (χ1v) is 7.83. The van der Waals surface area contributed by atoms with Crippen LogP contribution in [-0.4, -0.2) is 37.1 Å². The fraction of sp³-hybridized carbons (Fsp3) is 1.00. The molecule has 0 bridgehead atoms. The summed E-state index contributed by atoms with van der Waals surface area (Å²) in [6.45, 7) is 10.4. The van der Waals surface area contributed by atoms with E-state index in [0.717, 1.165) is 18.4 Å². The van der Waals surface area contributed by atoms with Crippen molar-refractivity contribution < 1.29 is 0 Å². The second-order valence-corrected chi connectivity index (χ2v) is 6.94. The topological polar surface area (TPSA) is 15.3 Å². The number of likely N-dealkylation sites (N-methyl/N-ethyl adjacent to an activating group) is 2. The summed E-state index contributed by atoms with van der Waals surface area (Å²) >= 11 is 0. The van der Waals surface area contributed by atoms with Crippen LogP contribution in [0.25, 0.3) is 0 Å². The molecule has 0 aromatic heterocycles. The van der Waals surface area contributed by atoms with Gasteiger partial charge in [-0.05, 0) is 51.7 Å². The molecule has 2 nitrogen and oxygen atoms in total. The third-order valence-electron chi connectivity index (χ3n) is 4.71. The Hall–Kier alpha value is -0.0800. The minimum Gasteiger partial charge on any atom is -0.312 e. The Morgan fingerprint density at radius 1 is 1.33 bits per heavy atom. The Labute approximate surface area is 115 Å². The molecular formula is C16H34N2. The van der Waals surface area contributed by atoms with E-state index in [2.05, 4.69) is 52.0 Å². The van der Waals surface area contributed by atoms with E-state index in [1.807, 2.05) is 0 Å². The van der Waals surface area contributed by atoms with Gasteiger partial charge in [-0.15, -0.1) is 0 Å². The largest absolute Gasteiger partial charge is 0.312 e. The monoisotopic (exact) mass is 254 g/mol. The van der Waals surface area contributed by atoms with E-state index in [1.165, 1.54) is 32.1 Å². The van der Waals surface area contributed by atoms with E-state index >= 15 is 0 Å². The third kappa shape index (κ3) is 3.71. The van der Waals surface area contributed by atoms with Crippen LogP contribution in [0.4, 0.5) is 0 Å². The van der Waals surface area contributed by atoms with Crippen LogP contribution in [0.3, 0.4) is 0 Å². The molecule has 18 heavy (non-hydrogen) atoms. The summed E-state index contributed by atoms with van der Waals surface area (Å²) < 4.78 is 0. The quantitative estimate of drug-likeness (QED) is 0.780. The minimum absolute atomic E-state index is 0.373. The summed E-state index contributed by atoms with van der Waals surface area (Å²) in [4.78, 5) is 2.51. The van der Waals surface area contributed by atoms with E-state index < -0.39 is 0 Å². The lowest BCUT2D eigenvalue weighted by molar-refractivity contribution is 0.0307. The van der Waals surface area contributed by atoms with Crippen molar-refractivity contribution in [1.82, 2.24) is 10.2 Å². The Morgan fingerprint density at radius 3 is 2.44 bits per heavy atom. The molecule has 1 aliphatic rings. The van der Waals surface area contributed by atoms with Gasteiger partial charge in [-0.1, -0.05) is 40.5 Å². The van der Waals surface area contributed by atoms with Crippen LogP contribution in [0, 0.1) is 11.8 Å². The van der Waals surface area contributed by atoms with Gasteiger partial charge in [0.1, 0.15) is 0 Å². The van der Waals surface area contributed by atoms with Crippen molar-refractivity contribution in [3.8, 4) is 0 Å². The molecule has 2 heteroatoms. The van der Waals surface area contributed by atoms with Crippen LogP contribution < -0.4 is 5.32 Å². The van der Waals surface area contributed by atoms with Crippen molar-refractivity contribution in [2.45, 2.75) is 71.4 Å². The molecule has 1 rings (SSSR count). The van der Waals surface area contributed by atoms with Gasteiger partial charge in [-0.25, -0.2) is 0 Å². The van der Waals surface area contributed by atoms with Crippen LogP contribution in [0.5, 0.6) is 0 Å². The van der Waals surface area contributed by atoms with Gasteiger partial charge in [-0.3, -0.25) is 0 Å². The molecule has 0 aliphatic heterocycles. The zero-order valence-corrected chi connectivity index (χ0v) is 13.4. The predicted molar refractivity (Wildman–Crippen MR) is 81.0 cm³/mol. The molecule has 0 radical (unpaired) electrons. The van der Waals surface area contributed by atoms with Gasteiger partial charge in [0.2, 0.25) is 0 Å². The zero-order chi connectivity index (χ0) is 13.8. The van der Waals surface area contributed by atoms with Crippen molar-refractivity contribution in [2.75, 3.05) is 20.6 Å². The van der Waals surface area contributed by atoms with Gasteiger partial charge < -0.3 is 10.2 Å². The van der Waals surface area contributed by atoms with Gasteiger partial charge in [0, 0.05) is 11.6 Å². The second-order valence-electron chi connectivity index (χ2n) is 6.94. The van der Waals surface area contributed by atoms with Crippen LogP contribution in [0.2, 0.25) is 0 Å². The Morgan fingerprint density at radius 2 is 2.00 bits per heavy atom. The maximum absolute atomic E-state index is 3.78. The summed E-state index contributed by atoms with van der Waals surface area (Å²) in [5.74, 6) is 1.64. The average molecular weight is 254 g/mol. The van der Waals surface area contributed by atoms with Gasteiger partial charge in [0.15, 0.2) is 0 Å². The fourth-order valence-corrected chi connectivity index (χ4v) is 3.81. The molecule has 1 N–H and O–H groups in total. The molecule has 0 heterocycles. The van der Waals surface area contributed by atoms with Crippen molar-refractivity contribution in [3.05, 3.63) is 0 Å². The zero-order valence-electron chi connectivity index (χ0n) is 13.4. The van der Waals surface area contributed by atoms with Crippen LogP contribution in [0.15, 0.2) is 0 Å². The second kappa shape index (κ2) is 6.91. The summed E-state index contributed by atoms with van der Waals surface area (Å²) in [6.07, 6.45) is 6.80. The number of hydrogen-bond donors (Lipinski definition) is 1. The highest BCUT2D eigenvalue weighted by molar-refractivity contribution is 5.02. The molecule has 0 saturated heterocycles. The highest BCUT2D eigenvalue weighted by atomic mass is 15.2. The van der Waals surface area contributed by atoms with Crippen molar-refractivity contribution in [3.63, 3.8) is 0 Å². The summed E-state index contributed by atoms with van der Waals surface area (Å²) in [6, 6.07) is 0.639. The highest BCUT2D eigenvalue weighted by Crippen LogP contribution is 2.39. The number of nitrogens with zero attached hydrogens (tertiary/aromatic N) is 1. The first-order chi connectivity index (χ1) is 8.42. The molecule has 3 atom stereocenters. The Balaban J connectivity index is 2.90. The molecule has 0 aromatic carbocycles.